The van der Waals surface area contributed by atoms with Gasteiger partial charge in [-0.25, -0.2) is 5.90 Å². The van der Waals surface area contributed by atoms with Crippen molar-refractivity contribution < 1.29 is 9.57 Å². The minimum absolute atomic E-state index is 0.438. The number of rotatable bonds is 5. The lowest BCUT2D eigenvalue weighted by Crippen LogP contribution is -2.07. The summed E-state index contributed by atoms with van der Waals surface area (Å²) < 4.78 is 4.90. The Labute approximate surface area is 49.0 Å². The topological polar surface area (TPSA) is 44.5 Å². The Hall–Kier alpha value is -0.380. The van der Waals surface area contributed by atoms with Crippen LogP contribution in [0.5, 0.6) is 0 Å². The average Bonchev–Trinajstić information content (AvgIpc) is 1.81. The van der Waals surface area contributed by atoms with Gasteiger partial charge in [0.05, 0.1) is 19.8 Å². The SMILES string of the molecule is C=CCOCCON. The number of hydrogen-bond donors (Lipinski definition) is 1. The van der Waals surface area contributed by atoms with Crippen molar-refractivity contribution in [1.82, 2.24) is 0 Å². The van der Waals surface area contributed by atoms with E-state index in [1.54, 1.807) is 6.08 Å². The summed E-state index contributed by atoms with van der Waals surface area (Å²) in [5.74, 6) is 4.70. The zero-order valence-corrected chi connectivity index (χ0v) is 4.80. The fourth-order valence-corrected chi connectivity index (χ4v) is 0.274. The van der Waals surface area contributed by atoms with Gasteiger partial charge in [0.2, 0.25) is 0 Å². The minimum Gasteiger partial charge on any atom is -0.375 e. The van der Waals surface area contributed by atoms with Gasteiger partial charge in [-0.15, -0.1) is 6.58 Å². The molecule has 3 heteroatoms. The normalized spacial score (nSPS) is 9.12. The summed E-state index contributed by atoms with van der Waals surface area (Å²) >= 11 is 0. The van der Waals surface area contributed by atoms with E-state index < -0.39 is 0 Å². The molecule has 0 aromatic carbocycles. The summed E-state index contributed by atoms with van der Waals surface area (Å²) in [6, 6.07) is 0. The zero-order valence-electron chi connectivity index (χ0n) is 4.80. The van der Waals surface area contributed by atoms with Crippen LogP contribution in [0.1, 0.15) is 0 Å². The number of hydrogen-bond acceptors (Lipinski definition) is 3. The first kappa shape index (κ1) is 7.62. The molecule has 0 aliphatic heterocycles. The van der Waals surface area contributed by atoms with E-state index in [4.69, 9.17) is 10.6 Å². The van der Waals surface area contributed by atoms with Crippen LogP contribution in [0.4, 0.5) is 0 Å². The molecule has 2 N–H and O–H groups in total. The Morgan fingerprint density at radius 2 is 2.25 bits per heavy atom. The molecule has 0 radical (unpaired) electrons. The predicted octanol–water partition coefficient (Wildman–Crippen LogP) is 0.0793. The molecule has 0 heterocycles. The Bertz CT molecular complexity index is 56.4. The van der Waals surface area contributed by atoms with Gasteiger partial charge in [0.25, 0.3) is 0 Å². The van der Waals surface area contributed by atoms with Crippen LogP contribution in [-0.4, -0.2) is 19.8 Å². The van der Waals surface area contributed by atoms with E-state index in [9.17, 15) is 0 Å². The third kappa shape index (κ3) is 5.62. The summed E-state index contributed by atoms with van der Waals surface area (Å²) in [5, 5.41) is 0. The molecule has 0 atom stereocenters. The molecule has 3 nitrogen and oxygen atoms in total. The summed E-state index contributed by atoms with van der Waals surface area (Å²) in [5.41, 5.74) is 0. The molecular weight excluding hydrogens is 106 g/mol. The Morgan fingerprint density at radius 1 is 1.50 bits per heavy atom. The highest BCUT2D eigenvalue weighted by Gasteiger charge is 1.80. The van der Waals surface area contributed by atoms with Crippen molar-refractivity contribution in [3.8, 4) is 0 Å². The standard InChI is InChI=1S/C5H11NO2/c1-2-3-7-4-5-8-6/h2H,1,3-6H2. The van der Waals surface area contributed by atoms with E-state index in [0.29, 0.717) is 19.8 Å². The lowest BCUT2D eigenvalue weighted by atomic mass is 10.7. The first-order chi connectivity index (χ1) is 3.91. The monoisotopic (exact) mass is 117 g/mol. The molecule has 0 aliphatic rings. The maximum Gasteiger partial charge on any atom is 0.0913 e. The fraction of sp³-hybridized carbons (Fsp3) is 0.600. The van der Waals surface area contributed by atoms with Gasteiger partial charge in [0.1, 0.15) is 0 Å². The average molecular weight is 117 g/mol. The van der Waals surface area contributed by atoms with Crippen LogP contribution < -0.4 is 5.90 Å². The van der Waals surface area contributed by atoms with Gasteiger partial charge in [-0.1, -0.05) is 6.08 Å². The van der Waals surface area contributed by atoms with Gasteiger partial charge in [-0.05, 0) is 0 Å². The highest BCUT2D eigenvalue weighted by molar-refractivity contribution is 4.63. The first-order valence-electron chi connectivity index (χ1n) is 2.42. The molecule has 0 fully saturated rings. The van der Waals surface area contributed by atoms with Crippen LogP contribution in [0.25, 0.3) is 0 Å². The van der Waals surface area contributed by atoms with E-state index in [2.05, 4.69) is 11.4 Å². The molecule has 0 bridgehead atoms. The highest BCUT2D eigenvalue weighted by Crippen LogP contribution is 1.73. The summed E-state index contributed by atoms with van der Waals surface area (Å²) in [6.45, 7) is 4.99. The molecule has 48 valence electrons. The maximum atomic E-state index is 4.90. The van der Waals surface area contributed by atoms with Gasteiger partial charge < -0.3 is 9.57 Å². The van der Waals surface area contributed by atoms with Gasteiger partial charge in [-0.2, -0.15) is 0 Å². The third-order valence-corrected chi connectivity index (χ3v) is 0.581. The van der Waals surface area contributed by atoms with Crippen LogP contribution in [-0.2, 0) is 9.57 Å². The van der Waals surface area contributed by atoms with Crippen LogP contribution >= 0.6 is 0 Å². The number of ether oxygens (including phenoxy) is 1. The molecule has 0 aliphatic carbocycles. The highest BCUT2D eigenvalue weighted by atomic mass is 16.6. The van der Waals surface area contributed by atoms with Crippen molar-refractivity contribution in [3.05, 3.63) is 12.7 Å². The second kappa shape index (κ2) is 6.62. The molecule has 0 saturated carbocycles. The summed E-state index contributed by atoms with van der Waals surface area (Å²) in [6.07, 6.45) is 1.68. The smallest absolute Gasteiger partial charge is 0.0913 e. The molecule has 0 saturated heterocycles. The molecule has 0 aromatic rings. The largest absolute Gasteiger partial charge is 0.375 e. The zero-order chi connectivity index (χ0) is 6.24. The Balaban J connectivity index is 2.62. The summed E-state index contributed by atoms with van der Waals surface area (Å²) in [7, 11) is 0. The van der Waals surface area contributed by atoms with Crippen LogP contribution in [0.15, 0.2) is 12.7 Å². The van der Waals surface area contributed by atoms with E-state index in [-0.39, 0.29) is 0 Å². The van der Waals surface area contributed by atoms with E-state index >= 15 is 0 Å². The Kier molecular flexibility index (Phi) is 6.31. The molecule has 0 amide bonds. The lowest BCUT2D eigenvalue weighted by molar-refractivity contribution is 0.0587. The van der Waals surface area contributed by atoms with Crippen LogP contribution in [0.2, 0.25) is 0 Å². The maximum absolute atomic E-state index is 4.90. The molecule has 0 unspecified atom stereocenters. The van der Waals surface area contributed by atoms with E-state index in [0.717, 1.165) is 0 Å². The van der Waals surface area contributed by atoms with Gasteiger partial charge in [0, 0.05) is 0 Å². The van der Waals surface area contributed by atoms with Crippen molar-refractivity contribution in [1.29, 1.82) is 0 Å². The summed E-state index contributed by atoms with van der Waals surface area (Å²) in [4.78, 5) is 4.23. The molecule has 0 aromatic heterocycles. The van der Waals surface area contributed by atoms with E-state index in [1.807, 2.05) is 0 Å². The van der Waals surface area contributed by atoms with Crippen LogP contribution in [0, 0.1) is 0 Å². The van der Waals surface area contributed by atoms with Crippen molar-refractivity contribution in [2.75, 3.05) is 19.8 Å². The number of nitrogens with two attached hydrogens (primary N) is 1. The second-order valence-electron chi connectivity index (χ2n) is 1.23. The van der Waals surface area contributed by atoms with Gasteiger partial charge in [-0.3, -0.25) is 0 Å². The van der Waals surface area contributed by atoms with Crippen molar-refractivity contribution in [3.63, 3.8) is 0 Å². The molecule has 0 rings (SSSR count). The van der Waals surface area contributed by atoms with Crippen molar-refractivity contribution >= 4 is 0 Å². The quantitative estimate of drug-likeness (QED) is 0.315. The van der Waals surface area contributed by atoms with Crippen molar-refractivity contribution in [2.24, 2.45) is 5.90 Å². The van der Waals surface area contributed by atoms with Gasteiger partial charge in [0.15, 0.2) is 0 Å². The van der Waals surface area contributed by atoms with E-state index in [1.165, 1.54) is 0 Å². The van der Waals surface area contributed by atoms with Gasteiger partial charge >= 0.3 is 0 Å². The minimum atomic E-state index is 0.438. The first-order valence-corrected chi connectivity index (χ1v) is 2.42. The van der Waals surface area contributed by atoms with Crippen molar-refractivity contribution in [2.45, 2.75) is 0 Å². The molecular formula is C5H11NO2. The second-order valence-corrected chi connectivity index (χ2v) is 1.23. The molecule has 8 heavy (non-hydrogen) atoms. The predicted molar refractivity (Wildman–Crippen MR) is 31.2 cm³/mol. The van der Waals surface area contributed by atoms with Crippen LogP contribution in [0.3, 0.4) is 0 Å². The molecule has 0 spiro atoms. The lowest BCUT2D eigenvalue weighted by Gasteiger charge is -1.96. The Morgan fingerprint density at radius 3 is 2.75 bits per heavy atom. The third-order valence-electron chi connectivity index (χ3n) is 0.581. The fourth-order valence-electron chi connectivity index (χ4n) is 0.274.